The summed E-state index contributed by atoms with van der Waals surface area (Å²) >= 11 is 0. The summed E-state index contributed by atoms with van der Waals surface area (Å²) in [5, 5.41) is 13.6. The Balaban J connectivity index is 1.25. The number of halogens is 4. The number of benzene rings is 4. The third-order valence-electron chi connectivity index (χ3n) is 12.4. The van der Waals surface area contributed by atoms with Gasteiger partial charge in [0.1, 0.15) is 24.3 Å². The van der Waals surface area contributed by atoms with Crippen LogP contribution in [0, 0.1) is 17.0 Å². The van der Waals surface area contributed by atoms with Gasteiger partial charge in [0.15, 0.2) is 35.4 Å². The molecule has 4 atom stereocenters. The number of nitrogens with zero attached hydrogens (tertiary/aromatic N) is 3. The summed E-state index contributed by atoms with van der Waals surface area (Å²) in [4.78, 5) is 28.0. The first-order chi connectivity index (χ1) is 35.8. The van der Waals surface area contributed by atoms with Crippen molar-refractivity contribution in [3.63, 3.8) is 0 Å². The van der Waals surface area contributed by atoms with Crippen molar-refractivity contribution in [3.8, 4) is 23.0 Å². The van der Waals surface area contributed by atoms with Crippen molar-refractivity contribution in [1.29, 1.82) is 0 Å². The average molecular weight is 1090 g/mol. The van der Waals surface area contributed by atoms with E-state index in [0.29, 0.717) is 4.73 Å². The normalized spacial score (nSPS) is 15.6. The fourth-order valence-corrected chi connectivity index (χ4v) is 10.9. The van der Waals surface area contributed by atoms with Gasteiger partial charge >= 0.3 is 25.2 Å². The predicted molar refractivity (Wildman–Crippen MR) is 261 cm³/mol. The van der Waals surface area contributed by atoms with Crippen LogP contribution in [-0.2, 0) is 52.0 Å². The smallest absolute Gasteiger partial charge is 0.387 e. The molecular weight excluding hydrogens is 1030 g/mol. The Morgan fingerprint density at radius 1 is 0.600 bits per heavy atom. The van der Waals surface area contributed by atoms with E-state index in [1.807, 2.05) is 0 Å². The summed E-state index contributed by atoms with van der Waals surface area (Å²) < 4.78 is 145. The highest BCUT2D eigenvalue weighted by atomic mass is 32.2. The maximum absolute atomic E-state index is 14.2. The number of alkyl halides is 4. The van der Waals surface area contributed by atoms with Gasteiger partial charge in [-0.3, -0.25) is 9.59 Å². The van der Waals surface area contributed by atoms with Crippen molar-refractivity contribution in [2.24, 2.45) is 23.3 Å². The number of pyridine rings is 1. The molecule has 5 aromatic rings. The van der Waals surface area contributed by atoms with Crippen LogP contribution in [0.4, 0.5) is 17.6 Å². The lowest BCUT2D eigenvalue weighted by molar-refractivity contribution is -0.606. The van der Waals surface area contributed by atoms with Gasteiger partial charge in [-0.1, -0.05) is 48.5 Å². The Kier molecular flexibility index (Phi) is 18.6. The topological polar surface area (TPSA) is 243 Å². The number of hydrogen-bond acceptors (Lipinski definition) is 15. The van der Waals surface area contributed by atoms with E-state index >= 15 is 0 Å². The lowest BCUT2D eigenvalue weighted by Gasteiger charge is -2.28. The molecule has 18 nitrogen and oxygen atoms in total. The van der Waals surface area contributed by atoms with Gasteiger partial charge in [-0.25, -0.2) is 16.8 Å². The molecule has 24 heteroatoms. The molecule has 0 unspecified atom stereocenters. The first-order valence-corrected chi connectivity index (χ1v) is 26.7. The second kappa shape index (κ2) is 24.8. The van der Waals surface area contributed by atoms with Crippen LogP contribution in [0.2, 0.25) is 0 Å². The predicted octanol–water partition coefficient (Wildman–Crippen LogP) is 6.75. The van der Waals surface area contributed by atoms with Gasteiger partial charge in [0.25, 0.3) is 0 Å². The number of carbonyl (C=O) groups excluding carboxylic acids is 2. The van der Waals surface area contributed by atoms with Crippen LogP contribution in [-0.4, -0.2) is 89.2 Å². The first kappa shape index (κ1) is 56.2. The van der Waals surface area contributed by atoms with E-state index in [4.69, 9.17) is 39.9 Å². The van der Waals surface area contributed by atoms with Crippen LogP contribution in [0.25, 0.3) is 0 Å². The van der Waals surface area contributed by atoms with E-state index in [1.165, 1.54) is 105 Å². The summed E-state index contributed by atoms with van der Waals surface area (Å²) in [6, 6.07) is 20.7. The van der Waals surface area contributed by atoms with Crippen LogP contribution >= 0.6 is 0 Å². The monoisotopic (exact) mass is 1090 g/mol. The zero-order valence-corrected chi connectivity index (χ0v) is 42.4. The second-order valence-corrected chi connectivity index (χ2v) is 21.8. The highest BCUT2D eigenvalue weighted by molar-refractivity contribution is 7.89. The minimum absolute atomic E-state index is 0.106. The van der Waals surface area contributed by atoms with Crippen LogP contribution in [0.5, 0.6) is 23.0 Å². The van der Waals surface area contributed by atoms with Gasteiger partial charge in [-0.05, 0) is 117 Å². The molecular formula is C51H57F4N5O13S2. The molecule has 2 fully saturated rings. The first-order valence-electron chi connectivity index (χ1n) is 23.9. The van der Waals surface area contributed by atoms with Crippen molar-refractivity contribution in [3.05, 3.63) is 143 Å². The molecule has 7 rings (SSSR count). The molecule has 0 aliphatic heterocycles. The minimum Gasteiger partial charge on any atom is -0.619 e. The number of ether oxygens (including phenoxy) is 6. The Labute approximate surface area is 431 Å². The van der Waals surface area contributed by atoms with Crippen LogP contribution in [0.1, 0.15) is 74.0 Å². The van der Waals surface area contributed by atoms with Crippen molar-refractivity contribution in [1.82, 2.24) is 8.61 Å². The van der Waals surface area contributed by atoms with Crippen molar-refractivity contribution < 1.29 is 77.1 Å². The highest BCUT2D eigenvalue weighted by Gasteiger charge is 2.37. The molecule has 75 heavy (non-hydrogen) atoms. The van der Waals surface area contributed by atoms with Gasteiger partial charge < -0.3 is 45.1 Å². The molecule has 1 aromatic heterocycles. The maximum atomic E-state index is 14.2. The minimum atomic E-state index is -4.36. The van der Waals surface area contributed by atoms with E-state index in [9.17, 15) is 49.2 Å². The summed E-state index contributed by atoms with van der Waals surface area (Å²) in [7, 11) is -8.71. The highest BCUT2D eigenvalue weighted by Crippen LogP contribution is 2.39. The molecule has 4 N–H and O–H groups in total. The van der Waals surface area contributed by atoms with Crippen LogP contribution < -0.4 is 35.1 Å². The third kappa shape index (κ3) is 14.8. The molecule has 0 bridgehead atoms. The number of aromatic nitrogens is 1. The van der Waals surface area contributed by atoms with E-state index in [1.54, 1.807) is 12.1 Å². The SMILES string of the molecule is C[C@H](C(=O)O[C@H](Cc1cc(C[C@@H](OC(=O)[C@@H](C)N(CN)S(=O)(=O)c2ccccc2)c2ccc(OC(F)F)c(OCC3CC3)c2)c[n+]([O-])c1)c1ccc(OC(F)F)c(OCC2CC2)c1)N(CN)S(=O)(=O)c1ccccc1. The number of carbonyl (C=O) groups is 2. The van der Waals surface area contributed by atoms with Gasteiger partial charge in [0.05, 0.1) is 36.3 Å². The maximum Gasteiger partial charge on any atom is 0.387 e. The Hall–Kier alpha value is -6.57. The fourth-order valence-electron chi connectivity index (χ4n) is 7.93. The molecule has 4 aromatic carbocycles. The molecule has 0 amide bonds. The van der Waals surface area contributed by atoms with Gasteiger partial charge in [0, 0.05) is 24.0 Å². The van der Waals surface area contributed by atoms with E-state index in [0.717, 1.165) is 46.7 Å². The number of sulfonamides is 2. The van der Waals surface area contributed by atoms with Gasteiger partial charge in [-0.15, -0.1) is 0 Å². The van der Waals surface area contributed by atoms with Crippen molar-refractivity contribution >= 4 is 32.0 Å². The van der Waals surface area contributed by atoms with E-state index in [2.05, 4.69) is 0 Å². The lowest BCUT2D eigenvalue weighted by atomic mass is 9.97. The quantitative estimate of drug-likeness (QED) is 0.0173. The Morgan fingerprint density at radius 2 is 0.973 bits per heavy atom. The number of nitrogens with two attached hydrogens (primary N) is 2. The third-order valence-corrected chi connectivity index (χ3v) is 16.3. The van der Waals surface area contributed by atoms with Gasteiger partial charge in [-0.2, -0.15) is 30.9 Å². The fraction of sp³-hybridized carbons (Fsp3) is 0.392. The van der Waals surface area contributed by atoms with E-state index < -0.39 is 82.8 Å². The van der Waals surface area contributed by atoms with Gasteiger partial charge in [0.2, 0.25) is 20.0 Å². The van der Waals surface area contributed by atoms with Crippen molar-refractivity contribution in [2.75, 3.05) is 26.6 Å². The molecule has 2 saturated carbocycles. The molecule has 0 radical (unpaired) electrons. The number of rotatable bonds is 28. The molecule has 404 valence electrons. The summed E-state index contributed by atoms with van der Waals surface area (Å²) in [6.07, 6.45) is 2.32. The molecule has 0 saturated heterocycles. The van der Waals surface area contributed by atoms with Crippen LogP contribution in [0.3, 0.4) is 0 Å². The molecule has 2 aliphatic carbocycles. The zero-order valence-electron chi connectivity index (χ0n) is 40.8. The van der Waals surface area contributed by atoms with Crippen LogP contribution in [0.15, 0.2) is 125 Å². The Morgan fingerprint density at radius 3 is 1.31 bits per heavy atom. The average Bonchev–Trinajstić information content (AvgIpc) is 4.33. The van der Waals surface area contributed by atoms with E-state index in [-0.39, 0.29) is 92.9 Å². The zero-order chi connectivity index (χ0) is 54.0. The lowest BCUT2D eigenvalue weighted by Crippen LogP contribution is -2.47. The molecule has 1 heterocycles. The number of esters is 2. The van der Waals surface area contributed by atoms with Crippen molar-refractivity contribution in [2.45, 2.75) is 99.7 Å². The molecule has 0 spiro atoms. The molecule has 2 aliphatic rings. The standard InChI is InChI=1S/C51H57F4N5O13S2/c1-32(59(30-56)74(64,65)40-9-5-3-6-10-40)48(61)70-44(38-17-19-42(72-50(52)53)46(24-38)68-28-34-13-14-34)22-36-21-37(27-58(63)26-36)23-45(39-18-20-43(73-51(54)55)47(25-39)69-29-35-15-16-35)71-49(62)33(2)60(31-57)75(66,67)41-11-7-4-8-12-41/h3-12,17-21,24-27,32-35,44-45,50-51H,13-16,22-23,28-31,56-57H2,1-2H3/t32-,33-,44-,45-/m1/s1. The summed E-state index contributed by atoms with van der Waals surface area (Å²) in [5.74, 6) is -2.65. The number of hydrogen-bond donors (Lipinski definition) is 2. The largest absolute Gasteiger partial charge is 0.619 e. The summed E-state index contributed by atoms with van der Waals surface area (Å²) in [5.41, 5.74) is 12.6. The Bertz CT molecular complexity index is 2780. The second-order valence-electron chi connectivity index (χ2n) is 18.0. The summed E-state index contributed by atoms with van der Waals surface area (Å²) in [6.45, 7) is -4.86.